The summed E-state index contributed by atoms with van der Waals surface area (Å²) in [5, 5.41) is 2.55. The predicted molar refractivity (Wildman–Crippen MR) is 113 cm³/mol. The molecule has 2 saturated carbocycles. The molecule has 3 unspecified atom stereocenters. The van der Waals surface area contributed by atoms with Crippen LogP contribution >= 0.6 is 0 Å². The van der Waals surface area contributed by atoms with Crippen molar-refractivity contribution in [2.45, 2.75) is 52.4 Å². The molecule has 0 aliphatic heterocycles. The van der Waals surface area contributed by atoms with Gasteiger partial charge in [0.2, 0.25) is 5.69 Å². The van der Waals surface area contributed by atoms with Crippen LogP contribution in [0.15, 0.2) is 36.5 Å². The maximum Gasteiger partial charge on any atom is 0.220 e. The molecule has 144 valence electrons. The van der Waals surface area contributed by atoms with Crippen LogP contribution < -0.4 is 4.57 Å². The highest BCUT2D eigenvalue weighted by atomic mass is 19.1. The molecule has 0 spiro atoms. The van der Waals surface area contributed by atoms with Crippen molar-refractivity contribution < 1.29 is 8.96 Å². The number of nitrogens with zero attached hydrogens (tertiary/aromatic N) is 1. The van der Waals surface area contributed by atoms with Gasteiger partial charge < -0.3 is 0 Å². The Labute approximate surface area is 167 Å². The van der Waals surface area contributed by atoms with Crippen LogP contribution in [0.25, 0.3) is 22.0 Å². The number of hydrogen-bond acceptors (Lipinski definition) is 0. The molecule has 0 amide bonds. The molecule has 0 saturated heterocycles. The van der Waals surface area contributed by atoms with Gasteiger partial charge in [-0.2, -0.15) is 0 Å². The van der Waals surface area contributed by atoms with Crippen molar-refractivity contribution in [2.24, 2.45) is 18.9 Å². The first-order valence-electron chi connectivity index (χ1n) is 10.6. The minimum atomic E-state index is -0.0808. The second-order valence-corrected chi connectivity index (χ2v) is 9.21. The second kappa shape index (κ2) is 6.40. The van der Waals surface area contributed by atoms with Gasteiger partial charge in [0.05, 0.1) is 10.9 Å². The third-order valence-electron chi connectivity index (χ3n) is 7.59. The van der Waals surface area contributed by atoms with E-state index >= 15 is 0 Å². The van der Waals surface area contributed by atoms with Gasteiger partial charge >= 0.3 is 0 Å². The molecule has 1 nitrogen and oxygen atoms in total. The minimum absolute atomic E-state index is 0.0808. The lowest BCUT2D eigenvalue weighted by molar-refractivity contribution is -0.659. The second-order valence-electron chi connectivity index (χ2n) is 9.21. The average Bonchev–Trinajstić information content (AvgIpc) is 3.33. The van der Waals surface area contributed by atoms with E-state index in [0.717, 1.165) is 34.4 Å². The number of fused-ring (bicyclic) bond motifs is 3. The molecule has 5 rings (SSSR count). The van der Waals surface area contributed by atoms with E-state index in [1.807, 2.05) is 26.8 Å². The summed E-state index contributed by atoms with van der Waals surface area (Å²) in [6.07, 6.45) is 7.81. The van der Waals surface area contributed by atoms with Gasteiger partial charge in [0, 0.05) is 6.07 Å². The number of aromatic nitrogens is 1. The zero-order chi connectivity index (χ0) is 19.6. The summed E-state index contributed by atoms with van der Waals surface area (Å²) >= 11 is 0. The predicted octanol–water partition coefficient (Wildman–Crippen LogP) is 6.30. The average molecular weight is 375 g/mol. The Kier molecular flexibility index (Phi) is 4.08. The lowest BCUT2D eigenvalue weighted by Gasteiger charge is -2.22. The Bertz CT molecular complexity index is 1100. The van der Waals surface area contributed by atoms with Gasteiger partial charge in [0.25, 0.3) is 0 Å². The van der Waals surface area contributed by atoms with Crippen molar-refractivity contribution in [3.8, 4) is 11.3 Å². The summed E-state index contributed by atoms with van der Waals surface area (Å²) in [4.78, 5) is 0. The summed E-state index contributed by atoms with van der Waals surface area (Å²) in [5.41, 5.74) is 6.34. The smallest absolute Gasteiger partial charge is 0.206 e. The first kappa shape index (κ1) is 17.8. The number of pyridine rings is 1. The number of benzene rings is 2. The molecule has 28 heavy (non-hydrogen) atoms. The van der Waals surface area contributed by atoms with Crippen LogP contribution in [-0.2, 0) is 7.05 Å². The van der Waals surface area contributed by atoms with E-state index in [1.165, 1.54) is 47.7 Å². The molecule has 1 heterocycles. The summed E-state index contributed by atoms with van der Waals surface area (Å²) in [7, 11) is 2.09. The Morgan fingerprint density at radius 2 is 1.79 bits per heavy atom. The van der Waals surface area contributed by atoms with Crippen LogP contribution in [-0.4, -0.2) is 0 Å². The van der Waals surface area contributed by atoms with Crippen LogP contribution in [0.5, 0.6) is 0 Å². The zero-order valence-electron chi connectivity index (χ0n) is 17.3. The summed E-state index contributed by atoms with van der Waals surface area (Å²) in [6, 6.07) is 11.3. The fourth-order valence-corrected chi connectivity index (χ4v) is 5.91. The standard InChI is InChI=1S/C26H29FN/c1-15-11-23(16(2)17(3)25(15)27)26-22-8-7-20(14-21(22)9-10-28(26)4)24-13-18-5-6-19(24)12-18/h7-11,14,18-19,24H,5-6,12-13H2,1-4H3/q+1. The van der Waals surface area contributed by atoms with Gasteiger partial charge in [-0.3, -0.25) is 0 Å². The summed E-state index contributed by atoms with van der Waals surface area (Å²) in [6.45, 7) is 5.79. The van der Waals surface area contributed by atoms with Crippen molar-refractivity contribution >= 4 is 10.8 Å². The van der Waals surface area contributed by atoms with Crippen molar-refractivity contribution in [1.29, 1.82) is 0 Å². The topological polar surface area (TPSA) is 3.88 Å². The third-order valence-corrected chi connectivity index (χ3v) is 7.59. The first-order valence-corrected chi connectivity index (χ1v) is 10.6. The quantitative estimate of drug-likeness (QED) is 0.464. The van der Waals surface area contributed by atoms with Crippen molar-refractivity contribution in [1.82, 2.24) is 0 Å². The molecular formula is C26H29FN+. The molecular weight excluding hydrogens is 345 g/mol. The van der Waals surface area contributed by atoms with Gasteiger partial charge in [-0.1, -0.05) is 18.6 Å². The lowest BCUT2D eigenvalue weighted by Crippen LogP contribution is -2.31. The van der Waals surface area contributed by atoms with Crippen LogP contribution in [0.3, 0.4) is 0 Å². The molecule has 2 bridgehead atoms. The van der Waals surface area contributed by atoms with Gasteiger partial charge in [0.1, 0.15) is 12.9 Å². The minimum Gasteiger partial charge on any atom is -0.206 e. The number of halogens is 1. The van der Waals surface area contributed by atoms with E-state index in [9.17, 15) is 4.39 Å². The first-order chi connectivity index (χ1) is 13.4. The largest absolute Gasteiger partial charge is 0.220 e. The molecule has 2 heteroatoms. The lowest BCUT2D eigenvalue weighted by atomic mass is 9.82. The Morgan fingerprint density at radius 1 is 0.964 bits per heavy atom. The van der Waals surface area contributed by atoms with Gasteiger partial charge in [-0.05, 0) is 97.6 Å². The Hall–Kier alpha value is -2.22. The van der Waals surface area contributed by atoms with Crippen LogP contribution in [0.4, 0.5) is 4.39 Å². The Balaban J connectivity index is 1.67. The van der Waals surface area contributed by atoms with Crippen LogP contribution in [0.2, 0.25) is 0 Å². The molecule has 2 aliphatic carbocycles. The van der Waals surface area contributed by atoms with Crippen LogP contribution in [0, 0.1) is 38.4 Å². The fourth-order valence-electron chi connectivity index (χ4n) is 5.91. The number of hydrogen-bond donors (Lipinski definition) is 0. The van der Waals surface area contributed by atoms with E-state index in [2.05, 4.69) is 42.1 Å². The highest BCUT2D eigenvalue weighted by Gasteiger charge is 2.40. The van der Waals surface area contributed by atoms with Gasteiger partial charge in [-0.15, -0.1) is 0 Å². The molecule has 2 fully saturated rings. The maximum atomic E-state index is 14.4. The number of aryl methyl sites for hydroxylation is 2. The SMILES string of the molecule is Cc1cc(-c2c3ccc(C4CC5CCC4C5)cc3cc[n+]2C)c(C)c(C)c1F. The third kappa shape index (κ3) is 2.61. The highest BCUT2D eigenvalue weighted by molar-refractivity contribution is 5.94. The van der Waals surface area contributed by atoms with E-state index in [1.54, 1.807) is 0 Å². The molecule has 3 atom stereocenters. The van der Waals surface area contributed by atoms with E-state index in [4.69, 9.17) is 0 Å². The summed E-state index contributed by atoms with van der Waals surface area (Å²) < 4.78 is 16.6. The van der Waals surface area contributed by atoms with Crippen molar-refractivity contribution in [3.63, 3.8) is 0 Å². The molecule has 2 aromatic carbocycles. The molecule has 0 N–H and O–H groups in total. The molecule has 3 aromatic rings. The van der Waals surface area contributed by atoms with E-state index < -0.39 is 0 Å². The van der Waals surface area contributed by atoms with E-state index in [0.29, 0.717) is 5.56 Å². The van der Waals surface area contributed by atoms with Crippen molar-refractivity contribution in [3.05, 3.63) is 64.6 Å². The molecule has 0 radical (unpaired) electrons. The van der Waals surface area contributed by atoms with Gasteiger partial charge in [0.15, 0.2) is 6.20 Å². The fraction of sp³-hybridized carbons (Fsp3) is 0.423. The zero-order valence-corrected chi connectivity index (χ0v) is 17.3. The summed E-state index contributed by atoms with van der Waals surface area (Å²) in [5.74, 6) is 2.52. The Morgan fingerprint density at radius 3 is 2.50 bits per heavy atom. The molecule has 1 aromatic heterocycles. The normalized spacial score (nSPS) is 23.7. The monoisotopic (exact) mass is 374 g/mol. The van der Waals surface area contributed by atoms with Crippen molar-refractivity contribution in [2.75, 3.05) is 0 Å². The van der Waals surface area contributed by atoms with Crippen LogP contribution in [0.1, 0.15) is 53.9 Å². The highest BCUT2D eigenvalue weighted by Crippen LogP contribution is 2.53. The maximum absolute atomic E-state index is 14.4. The number of rotatable bonds is 2. The van der Waals surface area contributed by atoms with Gasteiger partial charge in [-0.25, -0.2) is 8.96 Å². The molecule has 2 aliphatic rings. The van der Waals surface area contributed by atoms with E-state index in [-0.39, 0.29) is 5.82 Å².